The van der Waals surface area contributed by atoms with Crippen LogP contribution < -0.4 is 5.32 Å². The first kappa shape index (κ1) is 15.9. The van der Waals surface area contributed by atoms with E-state index >= 15 is 0 Å². The predicted octanol–water partition coefficient (Wildman–Crippen LogP) is 4.50. The van der Waals surface area contributed by atoms with Gasteiger partial charge in [0.25, 0.3) is 0 Å². The number of esters is 1. The van der Waals surface area contributed by atoms with Crippen LogP contribution in [-0.2, 0) is 9.53 Å². The zero-order valence-electron chi connectivity index (χ0n) is 11.8. The molecular formula is C16H16BrNO2S. The van der Waals surface area contributed by atoms with E-state index in [1.54, 1.807) is 11.8 Å². The van der Waals surface area contributed by atoms with E-state index in [0.29, 0.717) is 0 Å². The second-order valence-corrected chi connectivity index (χ2v) is 6.09. The van der Waals surface area contributed by atoms with E-state index in [2.05, 4.69) is 21.2 Å². The van der Waals surface area contributed by atoms with Gasteiger partial charge in [-0.3, -0.25) is 0 Å². The SMILES string of the molecule is COC(=O)C(Nc1ccccc1Br)c1ccc(SC)cc1. The summed E-state index contributed by atoms with van der Waals surface area (Å²) in [7, 11) is 1.40. The first-order chi connectivity index (χ1) is 10.2. The number of nitrogens with one attached hydrogen (secondary N) is 1. The fourth-order valence-electron chi connectivity index (χ4n) is 1.93. The summed E-state index contributed by atoms with van der Waals surface area (Å²) >= 11 is 5.14. The fourth-order valence-corrected chi connectivity index (χ4v) is 2.73. The minimum Gasteiger partial charge on any atom is -0.467 e. The van der Waals surface area contributed by atoms with Gasteiger partial charge in [0.15, 0.2) is 6.04 Å². The van der Waals surface area contributed by atoms with E-state index in [-0.39, 0.29) is 5.97 Å². The Hall–Kier alpha value is -1.46. The molecule has 1 N–H and O–H groups in total. The molecule has 0 spiro atoms. The number of rotatable bonds is 5. The number of halogens is 1. The van der Waals surface area contributed by atoms with E-state index in [9.17, 15) is 4.79 Å². The van der Waals surface area contributed by atoms with Gasteiger partial charge < -0.3 is 10.1 Å². The number of carbonyl (C=O) groups is 1. The van der Waals surface area contributed by atoms with Crippen molar-refractivity contribution in [2.45, 2.75) is 10.9 Å². The van der Waals surface area contributed by atoms with Crippen LogP contribution >= 0.6 is 27.7 Å². The third-order valence-electron chi connectivity index (χ3n) is 3.06. The molecule has 0 heterocycles. The predicted molar refractivity (Wildman–Crippen MR) is 90.7 cm³/mol. The maximum absolute atomic E-state index is 12.1. The van der Waals surface area contributed by atoms with Gasteiger partial charge in [-0.1, -0.05) is 24.3 Å². The molecule has 21 heavy (non-hydrogen) atoms. The average molecular weight is 366 g/mol. The number of benzene rings is 2. The molecule has 1 atom stereocenters. The first-order valence-electron chi connectivity index (χ1n) is 6.38. The monoisotopic (exact) mass is 365 g/mol. The molecule has 2 aromatic carbocycles. The molecule has 2 aromatic rings. The van der Waals surface area contributed by atoms with Gasteiger partial charge in [-0.05, 0) is 52.0 Å². The van der Waals surface area contributed by atoms with Gasteiger partial charge in [0.2, 0.25) is 0 Å². The number of para-hydroxylation sites is 1. The Labute approximate surface area is 137 Å². The lowest BCUT2D eigenvalue weighted by atomic mass is 10.1. The van der Waals surface area contributed by atoms with Crippen molar-refractivity contribution in [3.8, 4) is 0 Å². The molecule has 0 bridgehead atoms. The van der Waals surface area contributed by atoms with Gasteiger partial charge in [0.05, 0.1) is 7.11 Å². The second-order valence-electron chi connectivity index (χ2n) is 4.35. The number of hydrogen-bond acceptors (Lipinski definition) is 4. The van der Waals surface area contributed by atoms with Crippen molar-refractivity contribution in [2.24, 2.45) is 0 Å². The average Bonchev–Trinajstić information content (AvgIpc) is 2.53. The minimum absolute atomic E-state index is 0.317. The van der Waals surface area contributed by atoms with Crippen LogP contribution in [0.2, 0.25) is 0 Å². The summed E-state index contributed by atoms with van der Waals surface area (Å²) in [4.78, 5) is 13.2. The van der Waals surface area contributed by atoms with Crippen LogP contribution in [0.15, 0.2) is 57.9 Å². The van der Waals surface area contributed by atoms with Crippen LogP contribution in [0.25, 0.3) is 0 Å². The lowest BCUT2D eigenvalue weighted by molar-refractivity contribution is -0.141. The number of ether oxygens (including phenoxy) is 1. The highest BCUT2D eigenvalue weighted by Crippen LogP contribution is 2.28. The van der Waals surface area contributed by atoms with Crippen molar-refractivity contribution in [3.05, 3.63) is 58.6 Å². The smallest absolute Gasteiger partial charge is 0.332 e. The van der Waals surface area contributed by atoms with Crippen LogP contribution in [-0.4, -0.2) is 19.3 Å². The van der Waals surface area contributed by atoms with Crippen LogP contribution in [0.5, 0.6) is 0 Å². The Kier molecular flexibility index (Phi) is 5.70. The number of methoxy groups -OCH3 is 1. The largest absolute Gasteiger partial charge is 0.467 e. The van der Waals surface area contributed by atoms with E-state index in [4.69, 9.17) is 4.74 Å². The highest BCUT2D eigenvalue weighted by Gasteiger charge is 2.21. The molecule has 0 radical (unpaired) electrons. The van der Waals surface area contributed by atoms with Crippen LogP contribution in [0, 0.1) is 0 Å². The molecule has 1 unspecified atom stereocenters. The lowest BCUT2D eigenvalue weighted by Gasteiger charge is -2.19. The van der Waals surface area contributed by atoms with Crippen LogP contribution in [0.4, 0.5) is 5.69 Å². The number of anilines is 1. The summed E-state index contributed by atoms with van der Waals surface area (Å²) in [5.41, 5.74) is 1.72. The summed E-state index contributed by atoms with van der Waals surface area (Å²) in [5, 5.41) is 3.22. The Balaban J connectivity index is 2.30. The third kappa shape index (κ3) is 4.02. The van der Waals surface area contributed by atoms with Gasteiger partial charge in [-0.25, -0.2) is 4.79 Å². The lowest BCUT2D eigenvalue weighted by Crippen LogP contribution is -2.22. The minimum atomic E-state index is -0.537. The van der Waals surface area contributed by atoms with Gasteiger partial charge in [0, 0.05) is 15.1 Å². The van der Waals surface area contributed by atoms with E-state index in [1.165, 1.54) is 7.11 Å². The zero-order chi connectivity index (χ0) is 15.2. The van der Waals surface area contributed by atoms with Crippen molar-refractivity contribution < 1.29 is 9.53 Å². The molecule has 3 nitrogen and oxygen atoms in total. The van der Waals surface area contributed by atoms with Gasteiger partial charge in [-0.2, -0.15) is 0 Å². The quantitative estimate of drug-likeness (QED) is 0.625. The molecule has 2 rings (SSSR count). The Bertz CT molecular complexity index is 616. The molecule has 0 aliphatic carbocycles. The molecule has 0 aliphatic heterocycles. The second kappa shape index (κ2) is 7.52. The Morgan fingerprint density at radius 3 is 2.43 bits per heavy atom. The Morgan fingerprint density at radius 2 is 1.86 bits per heavy atom. The van der Waals surface area contributed by atoms with Crippen molar-refractivity contribution in [1.29, 1.82) is 0 Å². The molecular weight excluding hydrogens is 350 g/mol. The van der Waals surface area contributed by atoms with Crippen molar-refractivity contribution in [3.63, 3.8) is 0 Å². The van der Waals surface area contributed by atoms with E-state index in [0.717, 1.165) is 20.6 Å². The molecule has 0 fully saturated rings. The standard InChI is InChI=1S/C16H16BrNO2S/c1-20-16(19)15(11-7-9-12(21-2)10-8-11)18-14-6-4-3-5-13(14)17/h3-10,15,18H,1-2H3. The maximum atomic E-state index is 12.1. The molecule has 5 heteroatoms. The van der Waals surface area contributed by atoms with Crippen molar-refractivity contribution >= 4 is 39.3 Å². The topological polar surface area (TPSA) is 38.3 Å². The normalized spacial score (nSPS) is 11.8. The van der Waals surface area contributed by atoms with Gasteiger partial charge in [-0.15, -0.1) is 11.8 Å². The van der Waals surface area contributed by atoms with E-state index in [1.807, 2.05) is 54.8 Å². The number of thioether (sulfide) groups is 1. The summed E-state index contributed by atoms with van der Waals surface area (Å²) in [6.07, 6.45) is 2.02. The summed E-state index contributed by atoms with van der Waals surface area (Å²) in [6.45, 7) is 0. The van der Waals surface area contributed by atoms with E-state index < -0.39 is 6.04 Å². The van der Waals surface area contributed by atoms with Crippen LogP contribution in [0.3, 0.4) is 0 Å². The zero-order valence-corrected chi connectivity index (χ0v) is 14.2. The fraction of sp³-hybridized carbons (Fsp3) is 0.188. The summed E-state index contributed by atoms with van der Waals surface area (Å²) < 4.78 is 5.82. The highest BCUT2D eigenvalue weighted by atomic mass is 79.9. The Morgan fingerprint density at radius 1 is 1.19 bits per heavy atom. The maximum Gasteiger partial charge on any atom is 0.332 e. The molecule has 0 aliphatic rings. The van der Waals surface area contributed by atoms with Gasteiger partial charge >= 0.3 is 5.97 Å². The van der Waals surface area contributed by atoms with Crippen molar-refractivity contribution in [1.82, 2.24) is 0 Å². The van der Waals surface area contributed by atoms with Crippen molar-refractivity contribution in [2.75, 3.05) is 18.7 Å². The third-order valence-corrected chi connectivity index (χ3v) is 4.49. The first-order valence-corrected chi connectivity index (χ1v) is 8.40. The van der Waals surface area contributed by atoms with Crippen LogP contribution in [0.1, 0.15) is 11.6 Å². The van der Waals surface area contributed by atoms with Gasteiger partial charge in [0.1, 0.15) is 0 Å². The summed E-state index contributed by atoms with van der Waals surface area (Å²) in [6, 6.07) is 15.0. The number of carbonyl (C=O) groups excluding carboxylic acids is 1. The molecule has 0 amide bonds. The molecule has 0 aromatic heterocycles. The highest BCUT2D eigenvalue weighted by molar-refractivity contribution is 9.10. The molecule has 0 saturated heterocycles. The summed E-state index contributed by atoms with van der Waals surface area (Å²) in [5.74, 6) is -0.317. The molecule has 0 saturated carbocycles. The number of hydrogen-bond donors (Lipinski definition) is 1. The molecule has 110 valence electrons.